The fourth-order valence-corrected chi connectivity index (χ4v) is 0. The second-order valence-corrected chi connectivity index (χ2v) is 0. The Hall–Kier alpha value is 1.04. The maximum atomic E-state index is 0. The van der Waals surface area contributed by atoms with Crippen LogP contribution in [0.3, 0.4) is 0 Å². The van der Waals surface area contributed by atoms with Gasteiger partial charge in [0.2, 0.25) is 0 Å². The Morgan fingerprint density at radius 1 is 1.00 bits per heavy atom. The Kier molecular flexibility index (Phi) is 659. The Bertz CT molecular complexity index is 8.00. The quantitative estimate of drug-likeness (QED) is 0.572. The number of rotatable bonds is 0. The molecule has 1 atom stereocenters. The van der Waals surface area contributed by atoms with Crippen molar-refractivity contribution in [2.45, 2.75) is 0 Å². The zero-order chi connectivity index (χ0) is 0. The molecule has 1 unspecified atom stereocenters. The van der Waals surface area contributed by atoms with Gasteiger partial charge >= 0.3 is 0 Å². The molecule has 6 N–H and O–H groups in total. The van der Waals surface area contributed by atoms with Gasteiger partial charge < -0.3 is 11.6 Å². The van der Waals surface area contributed by atoms with Gasteiger partial charge in [-0.25, -0.2) is 0 Å². The van der Waals surface area contributed by atoms with Gasteiger partial charge in [0.25, 0.3) is 0 Å². The van der Waals surface area contributed by atoms with Crippen molar-refractivity contribution in [3.63, 3.8) is 0 Å². The molecule has 0 spiro atoms. The van der Waals surface area contributed by atoms with Crippen LogP contribution < -0.4 is 6.15 Å². The zero-order valence-electron chi connectivity index (χ0n) is 2.62. The van der Waals surface area contributed by atoms with Crippen LogP contribution in [0.2, 0.25) is 0 Å². The van der Waals surface area contributed by atoms with Crippen molar-refractivity contribution in [1.82, 2.24) is 6.15 Å². The monoisotopic (exact) mass is 254 g/mol. The summed E-state index contributed by atoms with van der Waals surface area (Å²) in [5.74, 6) is 0. The summed E-state index contributed by atoms with van der Waals surface area (Å²) in [6.07, 6.45) is 0. The van der Waals surface area contributed by atoms with Gasteiger partial charge in [0.15, 0.2) is 0 Å². The Morgan fingerprint density at radius 3 is 1.00 bits per heavy atom. The molecular weight excluding hydrogens is 245 g/mol. The topological polar surface area (TPSA) is 68.0 Å². The number of hydrogen-bond donors (Lipinski definition) is 1. The molecule has 4 heavy (non-hydrogen) atoms. The van der Waals surface area contributed by atoms with E-state index in [2.05, 4.69) is 0 Å². The summed E-state index contributed by atoms with van der Waals surface area (Å²) >= 11 is 0. The minimum Gasteiger partial charge on any atom is -0.412 e. The van der Waals surface area contributed by atoms with Crippen LogP contribution in [0.15, 0.2) is 0 Å². The second kappa shape index (κ2) is 34.6. The molecule has 30 valence electrons. The Balaban J connectivity index is 0. The first-order valence-electron chi connectivity index (χ1n) is 0. The summed E-state index contributed by atoms with van der Waals surface area (Å²) in [6.45, 7) is 0. The average molecular weight is 254 g/mol. The third-order valence-electron chi connectivity index (χ3n) is 0. The van der Waals surface area contributed by atoms with Gasteiger partial charge in [-0.15, -0.1) is 0 Å². The Labute approximate surface area is 43.1 Å². The summed E-state index contributed by atoms with van der Waals surface area (Å²) in [5.41, 5.74) is 0. The van der Waals surface area contributed by atoms with Crippen LogP contribution in [0.4, 0.5) is 0 Å². The van der Waals surface area contributed by atoms with E-state index in [0.29, 0.717) is 0 Å². The van der Waals surface area contributed by atoms with E-state index in [-0.39, 0.29) is 42.6 Å². The molecule has 0 aliphatic carbocycles. The van der Waals surface area contributed by atoms with E-state index in [1.807, 2.05) is 0 Å². The molecule has 0 radical (unpaired) electrons. The molecule has 0 saturated carbocycles. The summed E-state index contributed by atoms with van der Waals surface area (Å²) in [5, 5.41) is 0. The molecule has 4 heteroatoms. The first-order valence-corrected chi connectivity index (χ1v) is 0. The molecule has 0 saturated heterocycles. The molecule has 2 nitrogen and oxygen atoms in total. The molecule has 0 aliphatic heterocycles. The van der Waals surface area contributed by atoms with E-state index in [1.165, 1.54) is 0 Å². The van der Waals surface area contributed by atoms with E-state index in [4.69, 9.17) is 0 Å². The third kappa shape index (κ3) is 11.7. The van der Waals surface area contributed by atoms with Gasteiger partial charge in [0, 0.05) is 21.1 Å². The minimum absolute atomic E-state index is 0. The van der Waals surface area contributed by atoms with E-state index in [9.17, 15) is 0 Å². The van der Waals surface area contributed by atoms with Crippen LogP contribution in [-0.4, -0.2) is 5.48 Å². The van der Waals surface area contributed by atoms with E-state index in [1.54, 1.807) is 0 Å². The van der Waals surface area contributed by atoms with E-state index in [0.717, 1.165) is 0 Å². The predicted octanol–water partition coefficient (Wildman–Crippen LogP) is -0.393. The summed E-state index contributed by atoms with van der Waals surface area (Å²) in [4.78, 5) is 0. The molecule has 0 heterocycles. The van der Waals surface area contributed by atoms with Gasteiger partial charge in [-0.3, -0.25) is 0 Å². The van der Waals surface area contributed by atoms with E-state index < -0.39 is 0 Å². The van der Waals surface area contributed by atoms with Gasteiger partial charge in [-0.05, 0) is 0 Å². The van der Waals surface area contributed by atoms with Crippen molar-refractivity contribution >= 4 is 9.90 Å². The first-order chi connectivity index (χ1) is 0. The van der Waals surface area contributed by atoms with Gasteiger partial charge in [0.05, 0.1) is 0 Å². The van der Waals surface area contributed by atoms with Crippen molar-refractivity contribution in [1.29, 1.82) is 0 Å². The van der Waals surface area contributed by atoms with Crippen molar-refractivity contribution in [2.75, 3.05) is 0 Å². The first kappa shape index (κ1) is 76.2. The standard InChI is InChI=1S/H3N.H2O.H3P.W/h1H3;1H2;1H3;/p+1. The van der Waals surface area contributed by atoms with Crippen molar-refractivity contribution < 1.29 is 26.5 Å². The molecule has 0 aliphatic rings. The molecule has 0 fully saturated rings. The molecule has 0 amide bonds. The maximum Gasteiger partial charge on any atom is 0 e. The number of quaternary nitrogens is 1. The molecule has 0 aromatic rings. The van der Waals surface area contributed by atoms with Crippen LogP contribution in [0.5, 0.6) is 0 Å². The summed E-state index contributed by atoms with van der Waals surface area (Å²) in [6, 6.07) is 0. The fraction of sp³-hybridized carbons (Fsp3) is 0. The van der Waals surface area contributed by atoms with Gasteiger partial charge in [0.1, 0.15) is 0 Å². The van der Waals surface area contributed by atoms with Crippen molar-refractivity contribution in [3.05, 3.63) is 0 Å². The van der Waals surface area contributed by atoms with Crippen molar-refractivity contribution in [3.8, 4) is 0 Å². The number of hydrogen-bond acceptors (Lipinski definition) is 0. The van der Waals surface area contributed by atoms with Gasteiger partial charge in [-0.2, -0.15) is 9.90 Å². The normalized spacial score (nSPS) is 0. The van der Waals surface area contributed by atoms with Crippen molar-refractivity contribution in [2.24, 2.45) is 0 Å². The average Bonchev–Trinajstić information content (AvgIpc) is 0. The summed E-state index contributed by atoms with van der Waals surface area (Å²) in [7, 11) is 0. The predicted molar refractivity (Wildman–Crippen MR) is 20.7 cm³/mol. The van der Waals surface area contributed by atoms with Crippen LogP contribution in [-0.2, 0) is 21.1 Å². The molecule has 0 aromatic carbocycles. The van der Waals surface area contributed by atoms with Crippen LogP contribution in [0, 0.1) is 0 Å². The molecular formula is H9NOPW+. The smallest absolute Gasteiger partial charge is 0 e. The fourth-order valence-electron chi connectivity index (χ4n) is 0. The Morgan fingerprint density at radius 2 is 1.00 bits per heavy atom. The van der Waals surface area contributed by atoms with Crippen LogP contribution >= 0.6 is 9.90 Å². The van der Waals surface area contributed by atoms with Gasteiger partial charge in [-0.1, -0.05) is 0 Å². The SMILES string of the molecule is O.P.[NH4+].[W]. The third-order valence-corrected chi connectivity index (χ3v) is 0. The largest absolute Gasteiger partial charge is 0.412 e. The second-order valence-electron chi connectivity index (χ2n) is 0. The van der Waals surface area contributed by atoms with Crippen LogP contribution in [0.25, 0.3) is 0 Å². The van der Waals surface area contributed by atoms with Crippen LogP contribution in [0.1, 0.15) is 0 Å². The molecule has 0 rings (SSSR count). The minimum atomic E-state index is 0. The zero-order valence-corrected chi connectivity index (χ0v) is 6.96. The molecule has 0 bridgehead atoms. The summed E-state index contributed by atoms with van der Waals surface area (Å²) < 4.78 is 0. The maximum absolute atomic E-state index is 0. The van der Waals surface area contributed by atoms with E-state index >= 15 is 0 Å². The molecule has 0 aromatic heterocycles.